The van der Waals surface area contributed by atoms with E-state index in [1.54, 1.807) is 18.5 Å². The minimum atomic E-state index is -3.84. The van der Waals surface area contributed by atoms with Gasteiger partial charge < -0.3 is 8.98 Å². The van der Waals surface area contributed by atoms with E-state index in [-0.39, 0.29) is 24.2 Å². The number of hydrogen-bond acceptors (Lipinski definition) is 6. The Bertz CT molecular complexity index is 1660. The first-order chi connectivity index (χ1) is 16.3. The summed E-state index contributed by atoms with van der Waals surface area (Å²) in [5.41, 5.74) is 3.75. The standard InChI is InChI=1S/C23H19N5O5S/c24-34(31,32)28-6-4-13-2-1-3-15-17(12-27(7-8-28)20(13)15)19-18(22(29)26-23(19)30)16-11-25-10-14-5-9-33-21(14)16/h1-3,5,9-12H,4,6-8H2,(H2,24,31,32)(H,26,29,30). The van der Waals surface area contributed by atoms with Crippen molar-refractivity contribution in [1.82, 2.24) is 19.2 Å². The summed E-state index contributed by atoms with van der Waals surface area (Å²) < 4.78 is 32.7. The fourth-order valence-electron chi connectivity index (χ4n) is 4.88. The quantitative estimate of drug-likeness (QED) is 0.428. The van der Waals surface area contributed by atoms with Crippen molar-refractivity contribution in [3.63, 3.8) is 0 Å². The molecule has 3 N–H and O–H groups in total. The number of fused-ring (bicyclic) bond motifs is 1. The number of carbonyl (C=O) groups is 2. The van der Waals surface area contributed by atoms with E-state index in [1.807, 2.05) is 22.8 Å². The highest BCUT2D eigenvalue weighted by atomic mass is 32.2. The number of benzene rings is 1. The van der Waals surface area contributed by atoms with E-state index in [2.05, 4.69) is 10.3 Å². The van der Waals surface area contributed by atoms with Crippen molar-refractivity contribution in [2.75, 3.05) is 13.1 Å². The zero-order valence-electron chi connectivity index (χ0n) is 17.8. The maximum atomic E-state index is 13.1. The van der Waals surface area contributed by atoms with Crippen LogP contribution in [0.5, 0.6) is 0 Å². The molecule has 172 valence electrons. The van der Waals surface area contributed by atoms with Crippen molar-refractivity contribution in [2.45, 2.75) is 13.0 Å². The molecule has 6 rings (SSSR count). The van der Waals surface area contributed by atoms with Gasteiger partial charge in [-0.2, -0.15) is 12.7 Å². The van der Waals surface area contributed by atoms with Gasteiger partial charge in [-0.1, -0.05) is 18.2 Å². The van der Waals surface area contributed by atoms with Gasteiger partial charge in [-0.05, 0) is 18.1 Å². The molecule has 2 aliphatic rings. The van der Waals surface area contributed by atoms with Crippen LogP contribution in [-0.2, 0) is 32.8 Å². The van der Waals surface area contributed by atoms with E-state index in [0.29, 0.717) is 29.7 Å². The summed E-state index contributed by atoms with van der Waals surface area (Å²) in [4.78, 5) is 30.2. The Morgan fingerprint density at radius 2 is 1.79 bits per heavy atom. The summed E-state index contributed by atoms with van der Waals surface area (Å²) in [6.07, 6.45) is 6.91. The molecule has 3 aromatic heterocycles. The molecule has 34 heavy (non-hydrogen) atoms. The number of rotatable bonds is 3. The summed E-state index contributed by atoms with van der Waals surface area (Å²) >= 11 is 0. The summed E-state index contributed by atoms with van der Waals surface area (Å²) in [5, 5.41) is 9.31. The molecule has 0 atom stereocenters. The number of carbonyl (C=O) groups excluding carboxylic acids is 2. The second-order valence-electron chi connectivity index (χ2n) is 8.30. The Labute approximate surface area is 193 Å². The van der Waals surface area contributed by atoms with E-state index in [0.717, 1.165) is 21.9 Å². The molecule has 2 aliphatic heterocycles. The van der Waals surface area contributed by atoms with Gasteiger partial charge >= 0.3 is 0 Å². The van der Waals surface area contributed by atoms with Crippen LogP contribution in [0.15, 0.2) is 53.5 Å². The van der Waals surface area contributed by atoms with Gasteiger partial charge in [0.25, 0.3) is 22.0 Å². The largest absolute Gasteiger partial charge is 0.464 e. The van der Waals surface area contributed by atoms with E-state index < -0.39 is 22.0 Å². The third kappa shape index (κ3) is 3.09. The number of nitrogens with two attached hydrogens (primary N) is 1. The van der Waals surface area contributed by atoms with Gasteiger partial charge in [0.2, 0.25) is 0 Å². The van der Waals surface area contributed by atoms with Crippen LogP contribution in [0.4, 0.5) is 0 Å². The number of nitrogens with zero attached hydrogens (tertiary/aromatic N) is 3. The molecule has 0 radical (unpaired) electrons. The molecule has 0 unspecified atom stereocenters. The van der Waals surface area contributed by atoms with Crippen LogP contribution in [0.1, 0.15) is 16.7 Å². The Hall–Kier alpha value is -3.80. The first-order valence-electron chi connectivity index (χ1n) is 10.6. The normalized spacial score (nSPS) is 17.4. The fourth-order valence-corrected chi connectivity index (χ4v) is 5.57. The molecule has 4 aromatic rings. The van der Waals surface area contributed by atoms with Crippen molar-refractivity contribution >= 4 is 55.0 Å². The van der Waals surface area contributed by atoms with Crippen molar-refractivity contribution < 1.29 is 22.4 Å². The van der Waals surface area contributed by atoms with Crippen molar-refractivity contribution in [1.29, 1.82) is 0 Å². The number of aromatic nitrogens is 2. The molecule has 0 saturated heterocycles. The van der Waals surface area contributed by atoms with Crippen LogP contribution in [0.3, 0.4) is 0 Å². The third-order valence-electron chi connectivity index (χ3n) is 6.39. The van der Waals surface area contributed by atoms with Gasteiger partial charge in [-0.3, -0.25) is 19.9 Å². The SMILES string of the molecule is NS(=O)(=O)N1CCc2cccc3c(C4=C(c5cncc6ccoc56)C(=O)NC4=O)cn(c23)CC1. The van der Waals surface area contributed by atoms with E-state index >= 15 is 0 Å². The number of amides is 2. The second kappa shape index (κ2) is 7.35. The highest BCUT2D eigenvalue weighted by Crippen LogP contribution is 2.39. The van der Waals surface area contributed by atoms with Crippen LogP contribution in [0.2, 0.25) is 0 Å². The number of pyridine rings is 1. The topological polar surface area (TPSA) is 141 Å². The Morgan fingerprint density at radius 3 is 2.59 bits per heavy atom. The van der Waals surface area contributed by atoms with Crippen LogP contribution < -0.4 is 10.5 Å². The van der Waals surface area contributed by atoms with Crippen LogP contribution >= 0.6 is 0 Å². The summed E-state index contributed by atoms with van der Waals surface area (Å²) in [6, 6.07) is 7.43. The third-order valence-corrected chi connectivity index (χ3v) is 7.47. The number of imide groups is 1. The maximum Gasteiger partial charge on any atom is 0.276 e. The van der Waals surface area contributed by atoms with Crippen LogP contribution in [0.25, 0.3) is 33.0 Å². The first-order valence-corrected chi connectivity index (χ1v) is 12.1. The van der Waals surface area contributed by atoms with Gasteiger partial charge in [0, 0.05) is 60.1 Å². The lowest BCUT2D eigenvalue weighted by Gasteiger charge is -2.23. The molecule has 5 heterocycles. The molecule has 1 aromatic carbocycles. The summed E-state index contributed by atoms with van der Waals surface area (Å²) in [7, 11) is -3.84. The zero-order valence-corrected chi connectivity index (χ0v) is 18.6. The van der Waals surface area contributed by atoms with Crippen molar-refractivity contribution in [3.8, 4) is 0 Å². The molecule has 0 aliphatic carbocycles. The summed E-state index contributed by atoms with van der Waals surface area (Å²) in [5.74, 6) is -1.03. The highest BCUT2D eigenvalue weighted by Gasteiger charge is 2.36. The summed E-state index contributed by atoms with van der Waals surface area (Å²) in [6.45, 7) is 0.804. The lowest BCUT2D eigenvalue weighted by Crippen LogP contribution is -2.40. The van der Waals surface area contributed by atoms with Crippen LogP contribution in [0, 0.1) is 0 Å². The molecular formula is C23H19N5O5S. The zero-order chi connectivity index (χ0) is 23.6. The predicted molar refractivity (Wildman–Crippen MR) is 124 cm³/mol. The minimum Gasteiger partial charge on any atom is -0.464 e. The van der Waals surface area contributed by atoms with Crippen molar-refractivity contribution in [3.05, 3.63) is 65.8 Å². The Balaban J connectivity index is 1.59. The average Bonchev–Trinajstić information content (AvgIpc) is 3.46. The van der Waals surface area contributed by atoms with E-state index in [4.69, 9.17) is 9.56 Å². The molecule has 11 heteroatoms. The Kier molecular flexibility index (Phi) is 4.49. The lowest BCUT2D eigenvalue weighted by molar-refractivity contribution is -0.122. The fraction of sp³-hybridized carbons (Fsp3) is 0.174. The number of nitrogens with one attached hydrogen (secondary N) is 1. The molecular weight excluding hydrogens is 458 g/mol. The minimum absolute atomic E-state index is 0.197. The smallest absolute Gasteiger partial charge is 0.276 e. The van der Waals surface area contributed by atoms with Crippen LogP contribution in [-0.4, -0.2) is 47.2 Å². The number of furan rings is 1. The lowest BCUT2D eigenvalue weighted by atomic mass is 9.95. The van der Waals surface area contributed by atoms with Gasteiger partial charge in [0.1, 0.15) is 5.58 Å². The average molecular weight is 478 g/mol. The van der Waals surface area contributed by atoms with E-state index in [1.165, 1.54) is 16.8 Å². The molecule has 0 bridgehead atoms. The molecule has 10 nitrogen and oxygen atoms in total. The highest BCUT2D eigenvalue weighted by molar-refractivity contribution is 7.86. The number of hydrogen-bond donors (Lipinski definition) is 2. The molecule has 0 spiro atoms. The molecule has 0 saturated carbocycles. The van der Waals surface area contributed by atoms with Crippen molar-refractivity contribution in [2.24, 2.45) is 5.14 Å². The maximum absolute atomic E-state index is 13.1. The monoisotopic (exact) mass is 477 g/mol. The van der Waals surface area contributed by atoms with Gasteiger partial charge in [-0.25, -0.2) is 5.14 Å². The van der Waals surface area contributed by atoms with Gasteiger partial charge in [0.15, 0.2) is 0 Å². The Morgan fingerprint density at radius 1 is 1.00 bits per heavy atom. The molecule has 0 fully saturated rings. The number of para-hydroxylation sites is 1. The van der Waals surface area contributed by atoms with E-state index in [9.17, 15) is 18.0 Å². The van der Waals surface area contributed by atoms with Gasteiger partial charge in [-0.15, -0.1) is 0 Å². The van der Waals surface area contributed by atoms with Gasteiger partial charge in [0.05, 0.1) is 22.9 Å². The first kappa shape index (κ1) is 20.8. The predicted octanol–water partition coefficient (Wildman–Crippen LogP) is 1.41. The molecule has 2 amide bonds. The second-order valence-corrected chi connectivity index (χ2v) is 9.85.